The van der Waals surface area contributed by atoms with Gasteiger partial charge in [-0.15, -0.1) is 0 Å². The molecule has 130 valence electrons. The van der Waals surface area contributed by atoms with Gasteiger partial charge < -0.3 is 0 Å². The topological polar surface area (TPSA) is 63.9 Å². The molecule has 0 fully saturated rings. The minimum Gasteiger partial charge on any atom is -0.278 e. The standard InChI is InChI=1S/C19H17N5OS/c1-13-10-16(22-23(13)2)18(25)24(12-14-6-5-9-20-11-14)19-21-15-7-3-4-8-17(15)26-19/h3-11H,12H2,1-2H3. The van der Waals surface area contributed by atoms with Crippen molar-refractivity contribution >= 4 is 32.6 Å². The Morgan fingerprint density at radius 3 is 2.77 bits per heavy atom. The summed E-state index contributed by atoms with van der Waals surface area (Å²) < 4.78 is 2.75. The van der Waals surface area contributed by atoms with Crippen LogP contribution in [0.3, 0.4) is 0 Å². The van der Waals surface area contributed by atoms with Crippen LogP contribution in [0.1, 0.15) is 21.7 Å². The molecule has 0 unspecified atom stereocenters. The predicted octanol–water partition coefficient (Wildman–Crippen LogP) is 3.58. The molecule has 0 aliphatic heterocycles. The zero-order valence-electron chi connectivity index (χ0n) is 14.5. The third kappa shape index (κ3) is 3.09. The number of hydrogen-bond acceptors (Lipinski definition) is 5. The van der Waals surface area contributed by atoms with Gasteiger partial charge in [-0.05, 0) is 36.8 Å². The molecule has 26 heavy (non-hydrogen) atoms. The van der Waals surface area contributed by atoms with Crippen LogP contribution in [0.25, 0.3) is 10.2 Å². The van der Waals surface area contributed by atoms with E-state index in [1.165, 1.54) is 11.3 Å². The van der Waals surface area contributed by atoms with Crippen molar-refractivity contribution in [3.05, 3.63) is 71.8 Å². The number of para-hydroxylation sites is 1. The Hall–Kier alpha value is -3.06. The van der Waals surface area contributed by atoms with Crippen LogP contribution >= 0.6 is 11.3 Å². The lowest BCUT2D eigenvalue weighted by Gasteiger charge is -2.18. The Kier molecular flexibility index (Phi) is 4.22. The van der Waals surface area contributed by atoms with Crippen LogP contribution in [-0.4, -0.2) is 25.7 Å². The van der Waals surface area contributed by atoms with Crippen molar-refractivity contribution < 1.29 is 4.79 Å². The monoisotopic (exact) mass is 363 g/mol. The lowest BCUT2D eigenvalue weighted by molar-refractivity contribution is 0.0979. The van der Waals surface area contributed by atoms with Gasteiger partial charge in [-0.2, -0.15) is 5.10 Å². The minimum atomic E-state index is -0.170. The molecule has 3 aromatic heterocycles. The van der Waals surface area contributed by atoms with Gasteiger partial charge in [-0.25, -0.2) is 4.98 Å². The smallest absolute Gasteiger partial charge is 0.278 e. The molecule has 3 heterocycles. The third-order valence-electron chi connectivity index (χ3n) is 4.16. The molecule has 4 rings (SSSR count). The third-order valence-corrected chi connectivity index (χ3v) is 5.21. The Balaban J connectivity index is 1.76. The summed E-state index contributed by atoms with van der Waals surface area (Å²) in [5.74, 6) is -0.170. The van der Waals surface area contributed by atoms with E-state index >= 15 is 0 Å². The van der Waals surface area contributed by atoms with Gasteiger partial charge in [0.25, 0.3) is 5.91 Å². The molecule has 0 radical (unpaired) electrons. The zero-order valence-corrected chi connectivity index (χ0v) is 15.3. The fourth-order valence-corrected chi connectivity index (χ4v) is 3.64. The van der Waals surface area contributed by atoms with Gasteiger partial charge in [0, 0.05) is 25.1 Å². The minimum absolute atomic E-state index is 0.170. The van der Waals surface area contributed by atoms with Crippen molar-refractivity contribution in [1.82, 2.24) is 19.7 Å². The Morgan fingerprint density at radius 1 is 1.23 bits per heavy atom. The molecule has 0 saturated carbocycles. The van der Waals surface area contributed by atoms with E-state index in [1.54, 1.807) is 28.0 Å². The zero-order chi connectivity index (χ0) is 18.1. The number of aromatic nitrogens is 4. The van der Waals surface area contributed by atoms with Gasteiger partial charge in [-0.3, -0.25) is 19.4 Å². The second-order valence-corrected chi connectivity index (χ2v) is 7.02. The highest BCUT2D eigenvalue weighted by Gasteiger charge is 2.24. The number of carbonyl (C=O) groups excluding carboxylic acids is 1. The van der Waals surface area contributed by atoms with E-state index < -0.39 is 0 Å². The normalized spacial score (nSPS) is 11.0. The number of nitrogens with zero attached hydrogens (tertiary/aromatic N) is 5. The number of amides is 1. The molecule has 0 atom stereocenters. The van der Waals surface area contributed by atoms with Gasteiger partial charge in [0.05, 0.1) is 16.8 Å². The van der Waals surface area contributed by atoms with Crippen LogP contribution in [0.15, 0.2) is 54.9 Å². The largest absolute Gasteiger partial charge is 0.280 e. The summed E-state index contributed by atoms with van der Waals surface area (Å²) in [6.07, 6.45) is 3.48. The van der Waals surface area contributed by atoms with Gasteiger partial charge in [0.1, 0.15) is 0 Å². The van der Waals surface area contributed by atoms with E-state index in [4.69, 9.17) is 0 Å². The van der Waals surface area contributed by atoms with Crippen molar-refractivity contribution in [2.24, 2.45) is 7.05 Å². The lowest BCUT2D eigenvalue weighted by atomic mass is 10.2. The Bertz CT molecular complexity index is 1020. The van der Waals surface area contributed by atoms with E-state index in [-0.39, 0.29) is 5.91 Å². The number of fused-ring (bicyclic) bond motifs is 1. The van der Waals surface area contributed by atoms with Gasteiger partial charge in [0.15, 0.2) is 10.8 Å². The first-order chi connectivity index (χ1) is 12.6. The van der Waals surface area contributed by atoms with Crippen molar-refractivity contribution in [3.8, 4) is 0 Å². The maximum absolute atomic E-state index is 13.2. The molecule has 1 amide bonds. The lowest BCUT2D eigenvalue weighted by Crippen LogP contribution is -2.30. The van der Waals surface area contributed by atoms with Crippen LogP contribution in [0.5, 0.6) is 0 Å². The van der Waals surface area contributed by atoms with E-state index in [1.807, 2.05) is 50.4 Å². The molecule has 6 nitrogen and oxygen atoms in total. The van der Waals surface area contributed by atoms with Crippen molar-refractivity contribution in [2.45, 2.75) is 13.5 Å². The van der Waals surface area contributed by atoms with E-state index in [0.29, 0.717) is 17.4 Å². The molecule has 0 aliphatic rings. The first-order valence-electron chi connectivity index (χ1n) is 8.19. The number of thiazole rings is 1. The SMILES string of the molecule is Cc1cc(C(=O)N(Cc2cccnc2)c2nc3ccccc3s2)nn1C. The van der Waals surface area contributed by atoms with Crippen LogP contribution in [0.2, 0.25) is 0 Å². The molecular weight excluding hydrogens is 346 g/mol. The van der Waals surface area contributed by atoms with Crippen molar-refractivity contribution in [2.75, 3.05) is 4.90 Å². The van der Waals surface area contributed by atoms with E-state index in [9.17, 15) is 4.79 Å². The highest BCUT2D eigenvalue weighted by atomic mass is 32.1. The molecule has 0 aliphatic carbocycles. The number of anilines is 1. The average molecular weight is 363 g/mol. The fraction of sp³-hybridized carbons (Fsp3) is 0.158. The molecule has 4 aromatic rings. The molecule has 1 aromatic carbocycles. The summed E-state index contributed by atoms with van der Waals surface area (Å²) in [5.41, 5.74) is 3.16. The molecule has 0 saturated heterocycles. The second-order valence-electron chi connectivity index (χ2n) is 6.01. The molecule has 0 spiro atoms. The highest BCUT2D eigenvalue weighted by Crippen LogP contribution is 2.30. The number of aryl methyl sites for hydroxylation is 2. The van der Waals surface area contributed by atoms with Crippen LogP contribution in [0.4, 0.5) is 5.13 Å². The first kappa shape index (κ1) is 16.4. The van der Waals surface area contributed by atoms with Crippen LogP contribution in [-0.2, 0) is 13.6 Å². The summed E-state index contributed by atoms with van der Waals surface area (Å²) in [5, 5.41) is 4.99. The van der Waals surface area contributed by atoms with Crippen LogP contribution < -0.4 is 4.90 Å². The van der Waals surface area contributed by atoms with Crippen molar-refractivity contribution in [3.63, 3.8) is 0 Å². The maximum atomic E-state index is 13.2. The molecule has 0 N–H and O–H groups in total. The number of rotatable bonds is 4. The predicted molar refractivity (Wildman–Crippen MR) is 102 cm³/mol. The Labute approximate surface area is 154 Å². The number of pyridine rings is 1. The van der Waals surface area contributed by atoms with Crippen molar-refractivity contribution in [1.29, 1.82) is 0 Å². The highest BCUT2D eigenvalue weighted by molar-refractivity contribution is 7.22. The maximum Gasteiger partial charge on any atom is 0.280 e. The fourth-order valence-electron chi connectivity index (χ4n) is 2.68. The Morgan fingerprint density at radius 2 is 2.08 bits per heavy atom. The molecule has 7 heteroatoms. The number of hydrogen-bond donors (Lipinski definition) is 0. The summed E-state index contributed by atoms with van der Waals surface area (Å²) in [6, 6.07) is 13.5. The molecule has 0 bridgehead atoms. The van der Waals surface area contributed by atoms with Gasteiger partial charge in [0.2, 0.25) is 0 Å². The van der Waals surface area contributed by atoms with E-state index in [2.05, 4.69) is 15.1 Å². The quantitative estimate of drug-likeness (QED) is 0.556. The summed E-state index contributed by atoms with van der Waals surface area (Å²) in [7, 11) is 1.83. The summed E-state index contributed by atoms with van der Waals surface area (Å²) in [6.45, 7) is 2.31. The van der Waals surface area contributed by atoms with Crippen LogP contribution in [0, 0.1) is 6.92 Å². The van der Waals surface area contributed by atoms with Gasteiger partial charge in [-0.1, -0.05) is 29.5 Å². The molecular formula is C19H17N5OS. The number of benzene rings is 1. The average Bonchev–Trinajstić information content (AvgIpc) is 3.23. The number of carbonyl (C=O) groups is 1. The second kappa shape index (κ2) is 6.68. The van der Waals surface area contributed by atoms with E-state index in [0.717, 1.165) is 21.5 Å². The first-order valence-corrected chi connectivity index (χ1v) is 9.00. The summed E-state index contributed by atoms with van der Waals surface area (Å²) in [4.78, 5) is 23.7. The van der Waals surface area contributed by atoms with Gasteiger partial charge >= 0.3 is 0 Å². The summed E-state index contributed by atoms with van der Waals surface area (Å²) >= 11 is 1.50.